The van der Waals surface area contributed by atoms with E-state index < -0.39 is 40.2 Å². The zero-order valence-corrected chi connectivity index (χ0v) is 25.0. The number of ether oxygens (including phenoxy) is 1. The van der Waals surface area contributed by atoms with Crippen LogP contribution in [0.2, 0.25) is 0 Å². The second-order valence-corrected chi connectivity index (χ2v) is 11.6. The van der Waals surface area contributed by atoms with Gasteiger partial charge in [-0.1, -0.05) is 26.0 Å². The lowest BCUT2D eigenvalue weighted by atomic mass is 10.1. The first-order chi connectivity index (χ1) is 20.0. The van der Waals surface area contributed by atoms with Crippen molar-refractivity contribution in [2.45, 2.75) is 64.1 Å². The number of nitrogens with zero attached hydrogens (tertiary/aromatic N) is 2. The van der Waals surface area contributed by atoms with Gasteiger partial charge in [-0.2, -0.15) is 0 Å². The molecule has 8 nitrogen and oxygen atoms in total. The van der Waals surface area contributed by atoms with E-state index in [0.717, 1.165) is 28.6 Å². The lowest BCUT2D eigenvalue weighted by Gasteiger charge is -2.33. The zero-order valence-electron chi connectivity index (χ0n) is 24.2. The standard InChI is InChI=1S/C31H37F2N3O5S/c1-5-22(4)34-31(38)29(6-2)35(20-23-8-10-24(32)11-9-23)30(37)21-36(26-14-16-27(17-15-26)41-7-3)42(39,40)28-18-12-25(33)13-19-28/h8-19,22,29H,5-7,20-21H2,1-4H3,(H,34,38)/t22-,29+/m0/s1. The molecule has 0 aromatic heterocycles. The van der Waals surface area contributed by atoms with E-state index in [1.54, 1.807) is 19.1 Å². The van der Waals surface area contributed by atoms with E-state index >= 15 is 0 Å². The molecule has 1 N–H and O–H groups in total. The van der Waals surface area contributed by atoms with Crippen molar-refractivity contribution in [2.24, 2.45) is 0 Å². The fourth-order valence-electron chi connectivity index (χ4n) is 4.28. The Morgan fingerprint density at radius 3 is 1.95 bits per heavy atom. The predicted octanol–water partition coefficient (Wildman–Crippen LogP) is 5.28. The fraction of sp³-hybridized carbons (Fsp3) is 0.355. The average Bonchev–Trinajstić information content (AvgIpc) is 2.97. The largest absolute Gasteiger partial charge is 0.494 e. The molecule has 0 unspecified atom stereocenters. The normalized spacial score (nSPS) is 12.7. The first kappa shape index (κ1) is 32.5. The maximum Gasteiger partial charge on any atom is 0.264 e. The number of halogens is 2. The first-order valence-corrected chi connectivity index (χ1v) is 15.3. The Morgan fingerprint density at radius 1 is 0.857 bits per heavy atom. The van der Waals surface area contributed by atoms with Crippen LogP contribution in [0, 0.1) is 11.6 Å². The molecule has 0 aliphatic rings. The van der Waals surface area contributed by atoms with Gasteiger partial charge < -0.3 is 15.0 Å². The van der Waals surface area contributed by atoms with Crippen molar-refractivity contribution in [3.8, 4) is 5.75 Å². The number of hydrogen-bond acceptors (Lipinski definition) is 5. The Kier molecular flexibility index (Phi) is 11.4. The van der Waals surface area contributed by atoms with Crippen molar-refractivity contribution >= 4 is 27.5 Å². The molecule has 0 fully saturated rings. The molecule has 0 aliphatic heterocycles. The van der Waals surface area contributed by atoms with Crippen LogP contribution in [0.1, 0.15) is 46.1 Å². The Balaban J connectivity index is 2.05. The van der Waals surface area contributed by atoms with Gasteiger partial charge in [0.1, 0.15) is 30.0 Å². The summed E-state index contributed by atoms with van der Waals surface area (Å²) in [7, 11) is -4.35. The Morgan fingerprint density at radius 2 is 1.43 bits per heavy atom. The summed E-state index contributed by atoms with van der Waals surface area (Å²) in [6.45, 7) is 7.04. The maximum absolute atomic E-state index is 14.0. The summed E-state index contributed by atoms with van der Waals surface area (Å²) in [5, 5.41) is 2.90. The third-order valence-corrected chi connectivity index (χ3v) is 8.56. The van der Waals surface area contributed by atoms with Crippen LogP contribution in [0.5, 0.6) is 5.75 Å². The van der Waals surface area contributed by atoms with E-state index in [2.05, 4.69) is 5.32 Å². The first-order valence-electron chi connectivity index (χ1n) is 13.9. The van der Waals surface area contributed by atoms with Crippen LogP contribution < -0.4 is 14.4 Å². The van der Waals surface area contributed by atoms with Gasteiger partial charge >= 0.3 is 0 Å². The quantitative estimate of drug-likeness (QED) is 0.271. The minimum atomic E-state index is -4.35. The van der Waals surface area contributed by atoms with Gasteiger partial charge in [0.15, 0.2) is 0 Å². The number of nitrogens with one attached hydrogen (secondary N) is 1. The Bertz CT molecular complexity index is 1430. The molecule has 2 amide bonds. The fourth-order valence-corrected chi connectivity index (χ4v) is 5.70. The molecule has 0 heterocycles. The van der Waals surface area contributed by atoms with E-state index in [-0.39, 0.29) is 35.5 Å². The number of anilines is 1. The molecule has 226 valence electrons. The van der Waals surface area contributed by atoms with Crippen molar-refractivity contribution in [2.75, 3.05) is 17.5 Å². The van der Waals surface area contributed by atoms with Gasteiger partial charge in [-0.05, 0) is 92.9 Å². The van der Waals surface area contributed by atoms with Crippen LogP contribution in [-0.2, 0) is 26.2 Å². The number of hydrogen-bond donors (Lipinski definition) is 1. The summed E-state index contributed by atoms with van der Waals surface area (Å²) in [6, 6.07) is 14.9. The molecule has 42 heavy (non-hydrogen) atoms. The molecule has 3 rings (SSSR count). The SMILES string of the molecule is CCOc1ccc(N(CC(=O)N(Cc2ccc(F)cc2)[C@H](CC)C(=O)N[C@@H](C)CC)S(=O)(=O)c2ccc(F)cc2)cc1. The summed E-state index contributed by atoms with van der Waals surface area (Å²) >= 11 is 0. The monoisotopic (exact) mass is 601 g/mol. The summed E-state index contributed by atoms with van der Waals surface area (Å²) in [5.41, 5.74) is 0.739. The van der Waals surface area contributed by atoms with Crippen LogP contribution in [0.25, 0.3) is 0 Å². The average molecular weight is 602 g/mol. The van der Waals surface area contributed by atoms with E-state index in [1.807, 2.05) is 20.8 Å². The second-order valence-electron chi connectivity index (χ2n) is 9.78. The highest BCUT2D eigenvalue weighted by molar-refractivity contribution is 7.92. The molecule has 3 aromatic carbocycles. The molecule has 0 spiro atoms. The van der Waals surface area contributed by atoms with E-state index in [0.29, 0.717) is 24.3 Å². The number of benzene rings is 3. The molecule has 11 heteroatoms. The molecule has 2 atom stereocenters. The summed E-state index contributed by atoms with van der Waals surface area (Å²) in [6.07, 6.45) is 0.929. The lowest BCUT2D eigenvalue weighted by molar-refractivity contribution is -0.140. The minimum absolute atomic E-state index is 0.0563. The smallest absolute Gasteiger partial charge is 0.264 e. The molecule has 0 aliphatic carbocycles. The minimum Gasteiger partial charge on any atom is -0.494 e. The number of carbonyl (C=O) groups is 2. The van der Waals surface area contributed by atoms with Gasteiger partial charge in [0.05, 0.1) is 17.2 Å². The topological polar surface area (TPSA) is 96.0 Å². The van der Waals surface area contributed by atoms with Crippen LogP contribution in [0.3, 0.4) is 0 Å². The molecule has 0 saturated carbocycles. The molecule has 0 bridgehead atoms. The second kappa shape index (κ2) is 14.8. The van der Waals surface area contributed by atoms with Crippen LogP contribution in [0.4, 0.5) is 14.5 Å². The van der Waals surface area contributed by atoms with Crippen LogP contribution in [0.15, 0.2) is 77.7 Å². The van der Waals surface area contributed by atoms with E-state index in [1.165, 1.54) is 41.3 Å². The van der Waals surface area contributed by atoms with Crippen molar-refractivity contribution < 1.29 is 31.5 Å². The number of carbonyl (C=O) groups excluding carboxylic acids is 2. The van der Waals surface area contributed by atoms with E-state index in [9.17, 15) is 26.8 Å². The van der Waals surface area contributed by atoms with Gasteiger partial charge in [-0.25, -0.2) is 17.2 Å². The summed E-state index contributed by atoms with van der Waals surface area (Å²) in [5.74, 6) is -1.58. The van der Waals surface area contributed by atoms with Crippen molar-refractivity contribution in [3.63, 3.8) is 0 Å². The third kappa shape index (κ3) is 8.28. The van der Waals surface area contributed by atoms with Gasteiger partial charge in [0.25, 0.3) is 10.0 Å². The molecule has 3 aromatic rings. The maximum atomic E-state index is 14.0. The molecule has 0 radical (unpaired) electrons. The van der Waals surface area contributed by atoms with Crippen LogP contribution in [-0.4, -0.2) is 50.4 Å². The Hall–Kier alpha value is -3.99. The third-order valence-electron chi connectivity index (χ3n) is 6.77. The van der Waals surface area contributed by atoms with Crippen molar-refractivity contribution in [3.05, 3.63) is 90.0 Å². The van der Waals surface area contributed by atoms with Gasteiger partial charge in [0, 0.05) is 12.6 Å². The summed E-state index contributed by atoms with van der Waals surface area (Å²) in [4.78, 5) is 28.4. The van der Waals surface area contributed by atoms with E-state index in [4.69, 9.17) is 4.74 Å². The lowest BCUT2D eigenvalue weighted by Crippen LogP contribution is -2.53. The highest BCUT2D eigenvalue weighted by Crippen LogP contribution is 2.27. The molecular formula is C31H37F2N3O5S. The van der Waals surface area contributed by atoms with Crippen molar-refractivity contribution in [1.82, 2.24) is 10.2 Å². The van der Waals surface area contributed by atoms with Crippen molar-refractivity contribution in [1.29, 1.82) is 0 Å². The highest BCUT2D eigenvalue weighted by atomic mass is 32.2. The summed E-state index contributed by atoms with van der Waals surface area (Å²) < 4.78 is 61.4. The van der Waals surface area contributed by atoms with Gasteiger partial charge in [-0.3, -0.25) is 13.9 Å². The molecular weight excluding hydrogens is 564 g/mol. The Labute approximate surface area is 246 Å². The predicted molar refractivity (Wildman–Crippen MR) is 157 cm³/mol. The molecule has 0 saturated heterocycles. The number of rotatable bonds is 14. The highest BCUT2D eigenvalue weighted by Gasteiger charge is 2.34. The van der Waals surface area contributed by atoms with Crippen LogP contribution >= 0.6 is 0 Å². The number of sulfonamides is 1. The van der Waals surface area contributed by atoms with Gasteiger partial charge in [-0.15, -0.1) is 0 Å². The number of amides is 2. The zero-order chi connectivity index (χ0) is 30.9. The van der Waals surface area contributed by atoms with Gasteiger partial charge in [0.2, 0.25) is 11.8 Å².